The summed E-state index contributed by atoms with van der Waals surface area (Å²) >= 11 is 0. The van der Waals surface area contributed by atoms with Gasteiger partial charge in [0.1, 0.15) is 0 Å². The molecule has 0 aliphatic carbocycles. The zero-order chi connectivity index (χ0) is 9.14. The number of carboxylic acid groups (broad SMARTS) is 2. The number of carbonyl (C=O) groups is 2. The molecule has 74 valence electrons. The number of hydrogen-bond donors (Lipinski definition) is 2. The molecule has 1 aromatic carbocycles. The molecule has 1 aromatic rings. The van der Waals surface area contributed by atoms with Gasteiger partial charge in [0.05, 0.1) is 11.1 Å². The van der Waals surface area contributed by atoms with Gasteiger partial charge in [-0.3, -0.25) is 0 Å². The van der Waals surface area contributed by atoms with Gasteiger partial charge in [0, 0.05) is 0 Å². The van der Waals surface area contributed by atoms with Crippen molar-refractivity contribution >= 4 is 35.0 Å². The molecule has 0 saturated carbocycles. The normalized spacial score (nSPS) is 8.00. The molecular weight excluding hydrogens is 200 g/mol. The Morgan fingerprint density at radius 3 is 1.71 bits per heavy atom. The van der Waals surface area contributed by atoms with E-state index >= 15 is 0 Å². The first-order valence-electron chi connectivity index (χ1n) is 3.18. The van der Waals surface area contributed by atoms with Crippen LogP contribution in [0.4, 0.5) is 0 Å². The number of rotatable bonds is 2. The first-order chi connectivity index (χ1) is 5.61. The second-order valence-electron chi connectivity index (χ2n) is 2.19. The van der Waals surface area contributed by atoms with Crippen molar-refractivity contribution in [3.63, 3.8) is 0 Å². The fraction of sp³-hybridized carbons (Fsp3) is 0. The minimum atomic E-state index is -1.13. The van der Waals surface area contributed by atoms with Gasteiger partial charge < -0.3 is 18.5 Å². The fourth-order valence-corrected chi connectivity index (χ4v) is 0.785. The van der Waals surface area contributed by atoms with Crippen LogP contribution in [0, 0.1) is 0 Å². The maximum absolute atomic E-state index is 10.4. The molecule has 0 spiro atoms. The predicted octanol–water partition coefficient (Wildman–Crippen LogP) is 0.102. The SMILES string of the molecule is O.O=C(O)c1cccc(C(=O)O)c1.[H-].[H-].[Mg+2]. The van der Waals surface area contributed by atoms with Crippen LogP contribution in [-0.2, 0) is 0 Å². The van der Waals surface area contributed by atoms with Gasteiger partial charge in [-0.05, 0) is 18.2 Å². The van der Waals surface area contributed by atoms with Crippen molar-refractivity contribution in [1.82, 2.24) is 0 Å². The second kappa shape index (κ2) is 6.36. The first-order valence-corrected chi connectivity index (χ1v) is 3.18. The van der Waals surface area contributed by atoms with Crippen LogP contribution in [0.1, 0.15) is 23.6 Å². The van der Waals surface area contributed by atoms with Crippen LogP contribution in [0.5, 0.6) is 0 Å². The van der Waals surface area contributed by atoms with Crippen molar-refractivity contribution in [2.45, 2.75) is 0 Å². The zero-order valence-corrected chi connectivity index (χ0v) is 8.64. The topological polar surface area (TPSA) is 106 Å². The van der Waals surface area contributed by atoms with E-state index in [1.807, 2.05) is 0 Å². The van der Waals surface area contributed by atoms with Gasteiger partial charge in [0.15, 0.2) is 0 Å². The summed E-state index contributed by atoms with van der Waals surface area (Å²) in [5.41, 5.74) is -0.0372. The Morgan fingerprint density at radius 1 is 1.07 bits per heavy atom. The Morgan fingerprint density at radius 2 is 1.43 bits per heavy atom. The van der Waals surface area contributed by atoms with Gasteiger partial charge in [-0.25, -0.2) is 9.59 Å². The molecule has 0 radical (unpaired) electrons. The average Bonchev–Trinajstić information content (AvgIpc) is 2.04. The summed E-state index contributed by atoms with van der Waals surface area (Å²) in [6.07, 6.45) is 0. The standard InChI is InChI=1S/C8H6O4.Mg.H2O.2H/c9-7(10)5-2-1-3-6(4-5)8(11)12;;;;/h1-4H,(H,9,10)(H,11,12);;1H2;;/q;+2;;2*-1. The molecule has 0 aliphatic rings. The Balaban J connectivity index is -0.000000180. The monoisotopic (exact) mass is 210 g/mol. The molecule has 0 unspecified atom stereocenters. The molecule has 0 aliphatic heterocycles. The predicted molar refractivity (Wildman–Crippen MR) is 52.0 cm³/mol. The largest absolute Gasteiger partial charge is 2.00 e. The summed E-state index contributed by atoms with van der Waals surface area (Å²) < 4.78 is 0. The Kier molecular flexibility index (Phi) is 6.98. The number of aromatic carboxylic acids is 2. The third kappa shape index (κ3) is 3.73. The van der Waals surface area contributed by atoms with Gasteiger partial charge >= 0.3 is 35.0 Å². The number of benzene rings is 1. The van der Waals surface area contributed by atoms with Gasteiger partial charge in [0.2, 0.25) is 0 Å². The van der Waals surface area contributed by atoms with Crippen LogP contribution in [-0.4, -0.2) is 50.7 Å². The van der Waals surface area contributed by atoms with Gasteiger partial charge in [-0.15, -0.1) is 0 Å². The summed E-state index contributed by atoms with van der Waals surface area (Å²) in [6.45, 7) is 0. The Labute approximate surface area is 98.8 Å². The van der Waals surface area contributed by atoms with E-state index in [4.69, 9.17) is 10.2 Å². The van der Waals surface area contributed by atoms with E-state index in [1.165, 1.54) is 18.2 Å². The molecule has 14 heavy (non-hydrogen) atoms. The van der Waals surface area contributed by atoms with Crippen LogP contribution >= 0.6 is 0 Å². The summed E-state index contributed by atoms with van der Waals surface area (Å²) in [7, 11) is 0. The van der Waals surface area contributed by atoms with E-state index in [1.54, 1.807) is 0 Å². The maximum atomic E-state index is 10.4. The molecule has 0 fully saturated rings. The molecule has 0 amide bonds. The fourth-order valence-electron chi connectivity index (χ4n) is 0.785. The van der Waals surface area contributed by atoms with Gasteiger partial charge in [0.25, 0.3) is 0 Å². The van der Waals surface area contributed by atoms with Crippen LogP contribution < -0.4 is 0 Å². The Bertz CT molecular complexity index is 316. The van der Waals surface area contributed by atoms with Crippen molar-refractivity contribution in [2.24, 2.45) is 0 Å². The van der Waals surface area contributed by atoms with E-state index < -0.39 is 11.9 Å². The summed E-state index contributed by atoms with van der Waals surface area (Å²) in [4.78, 5) is 20.8. The van der Waals surface area contributed by atoms with E-state index in [2.05, 4.69) is 0 Å². The Hall–Kier alpha value is -1.11. The molecule has 0 heterocycles. The van der Waals surface area contributed by atoms with Crippen molar-refractivity contribution in [3.05, 3.63) is 35.4 Å². The van der Waals surface area contributed by atoms with E-state index in [-0.39, 0.29) is 42.5 Å². The average molecular weight is 210 g/mol. The minimum absolute atomic E-state index is 0. The zero-order valence-electron chi connectivity index (χ0n) is 9.23. The molecule has 0 atom stereocenters. The maximum Gasteiger partial charge on any atom is 2.00 e. The van der Waals surface area contributed by atoms with Gasteiger partial charge in [-0.1, -0.05) is 6.07 Å². The van der Waals surface area contributed by atoms with Gasteiger partial charge in [-0.2, -0.15) is 0 Å². The van der Waals surface area contributed by atoms with Crippen LogP contribution in [0.3, 0.4) is 0 Å². The quantitative estimate of drug-likeness (QED) is 0.675. The molecular formula is C8H10MgO5. The summed E-state index contributed by atoms with van der Waals surface area (Å²) in [5.74, 6) is -2.25. The van der Waals surface area contributed by atoms with Crippen molar-refractivity contribution < 1.29 is 28.1 Å². The van der Waals surface area contributed by atoms with Crippen molar-refractivity contribution in [2.75, 3.05) is 0 Å². The minimum Gasteiger partial charge on any atom is -1.00 e. The van der Waals surface area contributed by atoms with Crippen molar-refractivity contribution in [1.29, 1.82) is 0 Å². The molecule has 6 heteroatoms. The molecule has 0 saturated heterocycles. The molecule has 0 aromatic heterocycles. The van der Waals surface area contributed by atoms with Crippen LogP contribution in [0.2, 0.25) is 0 Å². The van der Waals surface area contributed by atoms with E-state index in [0.29, 0.717) is 0 Å². The second-order valence-corrected chi connectivity index (χ2v) is 2.19. The molecule has 5 nitrogen and oxygen atoms in total. The molecule has 1 rings (SSSR count). The number of carboxylic acids is 2. The first kappa shape index (κ1) is 15.4. The third-order valence-electron chi connectivity index (χ3n) is 1.36. The molecule has 4 N–H and O–H groups in total. The third-order valence-corrected chi connectivity index (χ3v) is 1.36. The summed E-state index contributed by atoms with van der Waals surface area (Å²) in [5, 5.41) is 17.0. The van der Waals surface area contributed by atoms with Crippen LogP contribution in [0.25, 0.3) is 0 Å². The van der Waals surface area contributed by atoms with E-state index in [0.717, 1.165) is 6.07 Å². The molecule has 0 bridgehead atoms. The van der Waals surface area contributed by atoms with Crippen LogP contribution in [0.15, 0.2) is 24.3 Å². The van der Waals surface area contributed by atoms with E-state index in [9.17, 15) is 9.59 Å². The smallest absolute Gasteiger partial charge is 1.00 e. The van der Waals surface area contributed by atoms with Crippen molar-refractivity contribution in [3.8, 4) is 0 Å². The number of hydrogen-bond acceptors (Lipinski definition) is 2. The summed E-state index contributed by atoms with van der Waals surface area (Å²) in [6, 6.07) is 5.20.